The number of rotatable bonds is 4. The van der Waals surface area contributed by atoms with Gasteiger partial charge in [0.15, 0.2) is 23.1 Å². The van der Waals surface area contributed by atoms with Crippen molar-refractivity contribution >= 4 is 122 Å². The second kappa shape index (κ2) is 14.4. The number of carbonyl (C=O) groups excluding carboxylic acids is 4. The van der Waals surface area contributed by atoms with Crippen LogP contribution < -0.4 is 0 Å². The van der Waals surface area contributed by atoms with Crippen LogP contribution in [0.15, 0.2) is 180 Å². The first-order valence-corrected chi connectivity index (χ1v) is 22.7. The molecule has 0 amide bonds. The molecule has 0 fully saturated rings. The number of nitrogens with one attached hydrogen (secondary N) is 2. The van der Waals surface area contributed by atoms with Crippen molar-refractivity contribution in [2.45, 2.75) is 0 Å². The molecule has 0 saturated carbocycles. The Bertz CT molecular complexity index is 4220. The fourth-order valence-corrected chi connectivity index (χ4v) is 11.1. The number of hydrogen-bond acceptors (Lipinski definition) is 6. The smallest absolute Gasteiger partial charge is 0.218 e. The van der Waals surface area contributed by atoms with E-state index in [4.69, 9.17) is 0 Å². The minimum absolute atomic E-state index is 0.128. The molecule has 10 aromatic carbocycles. The molecule has 10 heteroatoms. The maximum atomic E-state index is 14.9. The van der Waals surface area contributed by atoms with E-state index in [1.807, 2.05) is 60.7 Å². The average molecular weight is 905 g/mol. The van der Waals surface area contributed by atoms with Gasteiger partial charge in [0.25, 0.3) is 0 Å². The molecule has 0 atom stereocenters. The SMILES string of the molecule is O=C1c2ccc3c([nH]c4c5ccccc5c5c6c7ccc8c(c7[nH]c6c6ccccc6c5c34)C(=O)c3cccc(N=C(O)c4ccccc4)c3C8=O)c2C(=O)c2cccc(N=C(O)c3ccccc3)c21. The zero-order chi connectivity index (χ0) is 47.1. The Kier molecular flexibility index (Phi) is 8.07. The van der Waals surface area contributed by atoms with Gasteiger partial charge in [-0.05, 0) is 59.3 Å². The Labute approximate surface area is 395 Å². The summed E-state index contributed by atoms with van der Waals surface area (Å²) in [7, 11) is 0. The number of aromatic nitrogens is 2. The van der Waals surface area contributed by atoms with Crippen LogP contribution >= 0.6 is 0 Å². The van der Waals surface area contributed by atoms with Crippen LogP contribution in [0.3, 0.4) is 0 Å². The number of fused-ring (bicyclic) bond motifs is 21. The molecule has 14 rings (SSSR count). The maximum absolute atomic E-state index is 14.9. The number of nitrogens with zero attached hydrogens (tertiary/aromatic N) is 2. The highest BCUT2D eigenvalue weighted by molar-refractivity contribution is 6.47. The van der Waals surface area contributed by atoms with Crippen LogP contribution in [-0.4, -0.2) is 55.1 Å². The number of aliphatic hydroxyl groups excluding tert-OH is 2. The second-order valence-electron chi connectivity index (χ2n) is 17.7. The van der Waals surface area contributed by atoms with Crippen LogP contribution in [0, 0.1) is 0 Å². The zero-order valence-electron chi connectivity index (χ0n) is 36.6. The van der Waals surface area contributed by atoms with Gasteiger partial charge in [-0.15, -0.1) is 0 Å². The van der Waals surface area contributed by atoms with Crippen molar-refractivity contribution in [3.8, 4) is 0 Å². The number of H-pyrrole nitrogens is 2. The summed E-state index contributed by atoms with van der Waals surface area (Å²) in [4.78, 5) is 75.3. The van der Waals surface area contributed by atoms with Gasteiger partial charge in [0.1, 0.15) is 0 Å². The zero-order valence-corrected chi connectivity index (χ0v) is 36.6. The lowest BCUT2D eigenvalue weighted by Gasteiger charge is -2.19. The molecule has 12 aromatic rings. The van der Waals surface area contributed by atoms with Crippen LogP contribution in [0.2, 0.25) is 0 Å². The van der Waals surface area contributed by atoms with Gasteiger partial charge in [-0.25, -0.2) is 9.98 Å². The number of benzene rings is 10. The lowest BCUT2D eigenvalue weighted by Crippen LogP contribution is -2.21. The molecule has 4 N–H and O–H groups in total. The fraction of sp³-hybridized carbons (Fsp3) is 0. The third-order valence-electron chi connectivity index (χ3n) is 14.1. The first kappa shape index (κ1) is 39.4. The quantitative estimate of drug-likeness (QED) is 0.0780. The molecule has 0 spiro atoms. The van der Waals surface area contributed by atoms with Crippen molar-refractivity contribution in [3.63, 3.8) is 0 Å². The summed E-state index contributed by atoms with van der Waals surface area (Å²) >= 11 is 0. The van der Waals surface area contributed by atoms with E-state index in [1.54, 1.807) is 97.1 Å². The molecule has 0 unspecified atom stereocenters. The second-order valence-corrected chi connectivity index (χ2v) is 17.7. The van der Waals surface area contributed by atoms with E-state index in [0.717, 1.165) is 64.9 Å². The summed E-state index contributed by atoms with van der Waals surface area (Å²) in [5.41, 5.74) is 5.59. The van der Waals surface area contributed by atoms with Gasteiger partial charge in [-0.1, -0.05) is 121 Å². The highest BCUT2D eigenvalue weighted by atomic mass is 16.3. The summed E-state index contributed by atoms with van der Waals surface area (Å²) in [6.45, 7) is 0. The molecule has 0 aliphatic heterocycles. The molecular weight excluding hydrogens is 873 g/mol. The van der Waals surface area contributed by atoms with Crippen LogP contribution in [0.1, 0.15) is 74.8 Å². The number of hydrogen-bond donors (Lipinski definition) is 4. The van der Waals surface area contributed by atoms with Gasteiger partial charge < -0.3 is 20.2 Å². The predicted octanol–water partition coefficient (Wildman–Crippen LogP) is 13.2. The van der Waals surface area contributed by atoms with Crippen molar-refractivity contribution in [3.05, 3.63) is 225 Å². The summed E-state index contributed by atoms with van der Waals surface area (Å²) in [5.74, 6) is -1.97. The summed E-state index contributed by atoms with van der Waals surface area (Å²) in [6, 6.07) is 50.8. The molecule has 0 radical (unpaired) electrons. The molecule has 70 heavy (non-hydrogen) atoms. The van der Waals surface area contributed by atoms with E-state index in [2.05, 4.69) is 32.1 Å². The predicted molar refractivity (Wildman–Crippen MR) is 275 cm³/mol. The normalized spacial score (nSPS) is 13.8. The van der Waals surface area contributed by atoms with E-state index >= 15 is 0 Å². The minimum Gasteiger partial charge on any atom is -0.493 e. The standard InChI is InChI=1S/C60H32N4O6/c65-55-39-27-25-35-47-45-32-18-8-10-20-34(32)52-48(36-26-28-40-50(54(36)64-52)58(68)38-22-12-24-42(44(38)56(40)66)62-60(70)30-15-5-2-6-16-30)46(45)31-17-7-9-19-33(31)51(47)63-53(35)49(39)57(67)37-21-11-23-41(43(37)55)61-59(69)29-13-3-1-4-14-29/h1-28,63-64H,(H,61,69)(H,62,70). The van der Waals surface area contributed by atoms with Gasteiger partial charge >= 0.3 is 0 Å². The van der Waals surface area contributed by atoms with E-state index in [9.17, 15) is 29.4 Å². The molecule has 2 heterocycles. The lowest BCUT2D eigenvalue weighted by molar-refractivity contribution is 0.0980. The Morgan fingerprint density at radius 2 is 0.671 bits per heavy atom. The molecule has 328 valence electrons. The van der Waals surface area contributed by atoms with Crippen molar-refractivity contribution < 1.29 is 29.4 Å². The van der Waals surface area contributed by atoms with Crippen LogP contribution in [0.5, 0.6) is 0 Å². The van der Waals surface area contributed by atoms with Gasteiger partial charge in [-0.3, -0.25) is 19.2 Å². The van der Waals surface area contributed by atoms with Crippen molar-refractivity contribution in [2.24, 2.45) is 9.98 Å². The summed E-state index contributed by atoms with van der Waals surface area (Å²) in [5, 5.41) is 30.6. The number of aliphatic hydroxyl groups is 2. The molecule has 0 saturated heterocycles. The first-order chi connectivity index (χ1) is 34.3. The van der Waals surface area contributed by atoms with Crippen LogP contribution in [0.25, 0.3) is 75.9 Å². The first-order valence-electron chi connectivity index (χ1n) is 22.7. The van der Waals surface area contributed by atoms with Crippen molar-refractivity contribution in [1.82, 2.24) is 9.97 Å². The molecule has 2 aliphatic carbocycles. The van der Waals surface area contributed by atoms with E-state index in [0.29, 0.717) is 22.2 Å². The third-order valence-corrected chi connectivity index (χ3v) is 14.1. The van der Waals surface area contributed by atoms with Gasteiger partial charge in [0.05, 0.1) is 55.7 Å². The van der Waals surface area contributed by atoms with E-state index in [-0.39, 0.29) is 90.8 Å². The summed E-state index contributed by atoms with van der Waals surface area (Å²) < 4.78 is 0. The third kappa shape index (κ3) is 5.26. The van der Waals surface area contributed by atoms with Gasteiger partial charge in [0.2, 0.25) is 11.8 Å². The Morgan fingerprint density at radius 3 is 1.09 bits per heavy atom. The maximum Gasteiger partial charge on any atom is 0.218 e. The largest absolute Gasteiger partial charge is 0.493 e. The topological polar surface area (TPSA) is 165 Å². The monoisotopic (exact) mass is 904 g/mol. The minimum atomic E-state index is -0.376. The lowest BCUT2D eigenvalue weighted by atomic mass is 9.81. The van der Waals surface area contributed by atoms with E-state index in [1.165, 1.54) is 0 Å². The Morgan fingerprint density at radius 1 is 0.314 bits per heavy atom. The van der Waals surface area contributed by atoms with Gasteiger partial charge in [-0.2, -0.15) is 0 Å². The highest BCUT2D eigenvalue weighted by Crippen LogP contribution is 2.50. The average Bonchev–Trinajstić information content (AvgIpc) is 3.99. The number of ketones is 4. The Balaban J connectivity index is 1.02. The van der Waals surface area contributed by atoms with Gasteiger partial charge in [0, 0.05) is 76.5 Å². The molecule has 10 nitrogen and oxygen atoms in total. The van der Waals surface area contributed by atoms with Crippen LogP contribution in [-0.2, 0) is 0 Å². The number of aromatic amines is 2. The molecule has 0 bridgehead atoms. The highest BCUT2D eigenvalue weighted by Gasteiger charge is 2.37. The molecular formula is C60H32N4O6. The number of aliphatic imine (C=N–C) groups is 2. The van der Waals surface area contributed by atoms with E-state index < -0.39 is 0 Å². The summed E-state index contributed by atoms with van der Waals surface area (Å²) in [6.07, 6.45) is 0. The van der Waals surface area contributed by atoms with Crippen LogP contribution in [0.4, 0.5) is 11.4 Å². The van der Waals surface area contributed by atoms with Crippen molar-refractivity contribution in [2.75, 3.05) is 0 Å². The number of carbonyl (C=O) groups is 4. The molecule has 2 aliphatic rings. The fourth-order valence-electron chi connectivity index (χ4n) is 11.1. The molecule has 2 aromatic heterocycles. The Hall–Kier alpha value is -9.80. The van der Waals surface area contributed by atoms with Crippen molar-refractivity contribution in [1.29, 1.82) is 0 Å².